The lowest BCUT2D eigenvalue weighted by Crippen LogP contribution is -2.36. The van der Waals surface area contributed by atoms with Gasteiger partial charge in [-0.25, -0.2) is 9.18 Å². The Bertz CT molecular complexity index is 788. The Kier molecular flexibility index (Phi) is 3.52. The minimum atomic E-state index is -0.262. The topological polar surface area (TPSA) is 50.2 Å². The summed E-state index contributed by atoms with van der Waals surface area (Å²) in [6, 6.07) is 8.78. The first-order valence-electron chi connectivity index (χ1n) is 8.07. The van der Waals surface area contributed by atoms with Crippen LogP contribution in [0.3, 0.4) is 0 Å². The summed E-state index contributed by atoms with van der Waals surface area (Å²) < 4.78 is 15.0. The molecule has 1 aromatic carbocycles. The van der Waals surface area contributed by atoms with E-state index < -0.39 is 0 Å². The van der Waals surface area contributed by atoms with Gasteiger partial charge in [-0.2, -0.15) is 4.98 Å². The largest absolute Gasteiger partial charge is 0.366 e. The van der Waals surface area contributed by atoms with Crippen LogP contribution in [0.25, 0.3) is 0 Å². The number of hydrogen-bond donors (Lipinski definition) is 1. The van der Waals surface area contributed by atoms with Gasteiger partial charge in [0.05, 0.1) is 0 Å². The highest BCUT2D eigenvalue weighted by molar-refractivity contribution is 5.53. The molecular formula is C17H19FN4O. The van der Waals surface area contributed by atoms with Crippen LogP contribution in [0.4, 0.5) is 16.0 Å². The van der Waals surface area contributed by atoms with Crippen LogP contribution in [-0.4, -0.2) is 22.1 Å². The van der Waals surface area contributed by atoms with Crippen LogP contribution in [0.1, 0.15) is 24.8 Å². The molecule has 1 aromatic heterocycles. The molecular weight excluding hydrogens is 295 g/mol. The van der Waals surface area contributed by atoms with Crippen LogP contribution in [0.2, 0.25) is 0 Å². The second-order valence-corrected chi connectivity index (χ2v) is 6.22. The Morgan fingerprint density at radius 1 is 1.30 bits per heavy atom. The predicted molar refractivity (Wildman–Crippen MR) is 87.2 cm³/mol. The van der Waals surface area contributed by atoms with Gasteiger partial charge >= 0.3 is 5.69 Å². The molecule has 1 N–H and O–H groups in total. The molecule has 2 aliphatic rings. The van der Waals surface area contributed by atoms with Crippen LogP contribution in [0.5, 0.6) is 0 Å². The lowest BCUT2D eigenvalue weighted by Gasteiger charge is -2.30. The maximum Gasteiger partial charge on any atom is 0.351 e. The molecule has 0 unspecified atom stereocenters. The molecule has 23 heavy (non-hydrogen) atoms. The average molecular weight is 314 g/mol. The van der Waals surface area contributed by atoms with Crippen LogP contribution >= 0.6 is 0 Å². The zero-order valence-corrected chi connectivity index (χ0v) is 12.8. The SMILES string of the molecule is O=c1nc(NCc2cccc(F)c2)cc2n1C[C@@H]1CCCCN21. The summed E-state index contributed by atoms with van der Waals surface area (Å²) in [5, 5.41) is 3.14. The predicted octanol–water partition coefficient (Wildman–Crippen LogP) is 2.37. The number of rotatable bonds is 3. The third-order valence-corrected chi connectivity index (χ3v) is 4.67. The van der Waals surface area contributed by atoms with Crippen molar-refractivity contribution in [3.63, 3.8) is 0 Å². The molecule has 1 fully saturated rings. The van der Waals surface area contributed by atoms with Crippen LogP contribution in [-0.2, 0) is 13.1 Å². The van der Waals surface area contributed by atoms with Crippen molar-refractivity contribution in [1.82, 2.24) is 9.55 Å². The molecule has 5 nitrogen and oxygen atoms in total. The lowest BCUT2D eigenvalue weighted by atomic mass is 10.0. The van der Waals surface area contributed by atoms with Gasteiger partial charge in [0.2, 0.25) is 0 Å². The molecule has 1 saturated heterocycles. The fourth-order valence-electron chi connectivity index (χ4n) is 3.54. The van der Waals surface area contributed by atoms with E-state index in [2.05, 4.69) is 15.2 Å². The Morgan fingerprint density at radius 3 is 3.09 bits per heavy atom. The molecule has 4 rings (SSSR count). The maximum absolute atomic E-state index is 13.2. The fourth-order valence-corrected chi connectivity index (χ4v) is 3.54. The van der Waals surface area contributed by atoms with Crippen molar-refractivity contribution in [2.45, 2.75) is 38.4 Å². The van der Waals surface area contributed by atoms with Gasteiger partial charge in [-0.3, -0.25) is 4.57 Å². The van der Waals surface area contributed by atoms with E-state index in [-0.39, 0.29) is 11.5 Å². The number of fused-ring (bicyclic) bond motifs is 3. The molecule has 0 aliphatic carbocycles. The van der Waals surface area contributed by atoms with E-state index in [1.165, 1.54) is 25.0 Å². The zero-order valence-electron chi connectivity index (χ0n) is 12.8. The molecule has 2 aromatic rings. The number of piperidine rings is 1. The van der Waals surface area contributed by atoms with Crippen molar-refractivity contribution in [2.75, 3.05) is 16.8 Å². The first-order chi connectivity index (χ1) is 11.2. The van der Waals surface area contributed by atoms with E-state index in [1.54, 1.807) is 10.6 Å². The Morgan fingerprint density at radius 2 is 2.22 bits per heavy atom. The highest BCUT2D eigenvalue weighted by atomic mass is 19.1. The number of nitrogens with zero attached hydrogens (tertiary/aromatic N) is 3. The number of hydrogen-bond acceptors (Lipinski definition) is 4. The van der Waals surface area contributed by atoms with Gasteiger partial charge < -0.3 is 10.2 Å². The Hall–Kier alpha value is -2.37. The second kappa shape index (κ2) is 5.68. The van der Waals surface area contributed by atoms with E-state index in [1.807, 2.05) is 12.1 Å². The quantitative estimate of drug-likeness (QED) is 0.945. The molecule has 0 saturated carbocycles. The third kappa shape index (κ3) is 2.69. The van der Waals surface area contributed by atoms with Crippen molar-refractivity contribution in [3.05, 3.63) is 52.2 Å². The molecule has 1 atom stereocenters. The molecule has 0 spiro atoms. The van der Waals surface area contributed by atoms with Crippen LogP contribution in [0.15, 0.2) is 35.1 Å². The van der Waals surface area contributed by atoms with Crippen molar-refractivity contribution in [3.8, 4) is 0 Å². The number of aromatic nitrogens is 2. The minimum absolute atomic E-state index is 0.210. The molecule has 6 heteroatoms. The smallest absolute Gasteiger partial charge is 0.351 e. The third-order valence-electron chi connectivity index (χ3n) is 4.67. The van der Waals surface area contributed by atoms with E-state index in [0.29, 0.717) is 18.4 Å². The van der Waals surface area contributed by atoms with E-state index in [9.17, 15) is 9.18 Å². The number of anilines is 2. The Balaban J connectivity index is 1.57. The van der Waals surface area contributed by atoms with Gasteiger partial charge in [-0.1, -0.05) is 12.1 Å². The van der Waals surface area contributed by atoms with Gasteiger partial charge in [0.15, 0.2) is 0 Å². The first-order valence-corrected chi connectivity index (χ1v) is 8.07. The van der Waals surface area contributed by atoms with Gasteiger partial charge in [0.25, 0.3) is 0 Å². The average Bonchev–Trinajstić information content (AvgIpc) is 2.93. The molecule has 3 heterocycles. The summed E-state index contributed by atoms with van der Waals surface area (Å²) in [6.45, 7) is 2.18. The molecule has 2 aliphatic heterocycles. The fraction of sp³-hybridized carbons (Fsp3) is 0.412. The number of halogens is 1. The molecule has 0 radical (unpaired) electrons. The lowest BCUT2D eigenvalue weighted by molar-refractivity contribution is 0.458. The highest BCUT2D eigenvalue weighted by Gasteiger charge is 2.32. The van der Waals surface area contributed by atoms with E-state index >= 15 is 0 Å². The van der Waals surface area contributed by atoms with Crippen LogP contribution < -0.4 is 15.9 Å². The summed E-state index contributed by atoms with van der Waals surface area (Å²) in [5.41, 5.74) is 0.613. The first kappa shape index (κ1) is 14.2. The number of nitrogens with one attached hydrogen (secondary N) is 1. The van der Waals surface area contributed by atoms with E-state index in [0.717, 1.165) is 30.9 Å². The van der Waals surface area contributed by atoms with Crippen molar-refractivity contribution in [2.24, 2.45) is 0 Å². The van der Waals surface area contributed by atoms with Crippen molar-refractivity contribution >= 4 is 11.6 Å². The van der Waals surface area contributed by atoms with E-state index in [4.69, 9.17) is 0 Å². The summed E-state index contributed by atoms with van der Waals surface area (Å²) in [7, 11) is 0. The summed E-state index contributed by atoms with van der Waals surface area (Å²) in [4.78, 5) is 18.7. The summed E-state index contributed by atoms with van der Waals surface area (Å²) in [5.74, 6) is 1.25. The van der Waals surface area contributed by atoms with Crippen molar-refractivity contribution in [1.29, 1.82) is 0 Å². The minimum Gasteiger partial charge on any atom is -0.366 e. The highest BCUT2D eigenvalue weighted by Crippen LogP contribution is 2.31. The zero-order chi connectivity index (χ0) is 15.8. The van der Waals surface area contributed by atoms with Gasteiger partial charge in [-0.05, 0) is 37.0 Å². The van der Waals surface area contributed by atoms with Crippen molar-refractivity contribution < 1.29 is 4.39 Å². The monoisotopic (exact) mass is 314 g/mol. The molecule has 0 amide bonds. The molecule has 120 valence electrons. The summed E-state index contributed by atoms with van der Waals surface area (Å²) >= 11 is 0. The van der Waals surface area contributed by atoms with Crippen LogP contribution in [0, 0.1) is 5.82 Å². The van der Waals surface area contributed by atoms with Gasteiger partial charge in [0.1, 0.15) is 17.5 Å². The Labute approximate surface area is 133 Å². The summed E-state index contributed by atoms with van der Waals surface area (Å²) in [6.07, 6.45) is 3.52. The maximum atomic E-state index is 13.2. The van der Waals surface area contributed by atoms with Gasteiger partial charge in [0, 0.05) is 31.7 Å². The molecule has 0 bridgehead atoms. The van der Waals surface area contributed by atoms with Gasteiger partial charge in [-0.15, -0.1) is 0 Å². The normalized spacial score (nSPS) is 19.3. The standard InChI is InChI=1S/C17H19FN4O/c18-13-5-3-4-12(8-13)10-19-15-9-16-21-7-2-1-6-14(21)11-22(16)17(23)20-15/h3-5,8-9,14H,1-2,6-7,10-11H2,(H,19,20,23)/t14-/m0/s1. The number of benzene rings is 1. The second-order valence-electron chi connectivity index (χ2n) is 6.22.